The number of fused-ring (bicyclic) bond motifs is 9. The Hall–Kier alpha value is -5.79. The zero-order chi connectivity index (χ0) is 33.5. The molecule has 0 saturated carbocycles. The number of rotatable bonds is 4. The molecule has 4 heterocycles. The molecule has 0 aliphatic carbocycles. The Morgan fingerprint density at radius 1 is 0.529 bits per heavy atom. The molecule has 11 rings (SSSR count). The van der Waals surface area contributed by atoms with Crippen molar-refractivity contribution in [2.24, 2.45) is 4.99 Å². The van der Waals surface area contributed by atoms with Gasteiger partial charge in [-0.05, 0) is 53.6 Å². The van der Waals surface area contributed by atoms with Crippen molar-refractivity contribution in [2.45, 2.75) is 12.3 Å². The molecule has 6 heteroatoms. The molecule has 0 saturated heterocycles. The Balaban J connectivity index is 1.09. The van der Waals surface area contributed by atoms with E-state index in [1.165, 1.54) is 51.5 Å². The topological polar surface area (TPSA) is 49.6 Å². The normalized spacial score (nSPS) is 16.4. The summed E-state index contributed by atoms with van der Waals surface area (Å²) in [7, 11) is 0. The second kappa shape index (κ2) is 11.4. The molecule has 0 radical (unpaired) electrons. The van der Waals surface area contributed by atoms with Crippen LogP contribution in [0, 0.1) is 0 Å². The van der Waals surface area contributed by atoms with Crippen LogP contribution in [0.3, 0.4) is 0 Å². The number of hydrogen-bond acceptors (Lipinski definition) is 6. The SMILES string of the molecule is c1ccc(C2N=C(c3ccc4sc5cccc(-c6cccc7c6sc6ccccc67)c5c4c3)NC(c3cccc4oc5ccccc5c34)N2)cc1. The lowest BCUT2D eigenvalue weighted by Crippen LogP contribution is -2.45. The molecule has 2 N–H and O–H groups in total. The predicted octanol–water partition coefficient (Wildman–Crippen LogP) is 12.3. The zero-order valence-corrected chi connectivity index (χ0v) is 28.9. The fraction of sp³-hybridized carbons (Fsp3) is 0.0444. The van der Waals surface area contributed by atoms with Crippen molar-refractivity contribution in [3.8, 4) is 11.1 Å². The highest BCUT2D eigenvalue weighted by atomic mass is 32.1. The van der Waals surface area contributed by atoms with Crippen LogP contribution in [0.4, 0.5) is 0 Å². The number of hydrogen-bond donors (Lipinski definition) is 2. The molecule has 0 amide bonds. The Labute approximate surface area is 301 Å². The first-order chi connectivity index (χ1) is 25.3. The summed E-state index contributed by atoms with van der Waals surface area (Å²) in [5.41, 5.74) is 7.64. The molecule has 3 aromatic heterocycles. The van der Waals surface area contributed by atoms with Crippen LogP contribution >= 0.6 is 22.7 Å². The lowest BCUT2D eigenvalue weighted by atomic mass is 9.97. The first kappa shape index (κ1) is 29.0. The Morgan fingerprint density at radius 2 is 1.25 bits per heavy atom. The molecule has 242 valence electrons. The van der Waals surface area contributed by atoms with Gasteiger partial charge in [0.05, 0.1) is 0 Å². The van der Waals surface area contributed by atoms with Crippen LogP contribution in [0.15, 0.2) is 161 Å². The maximum Gasteiger partial charge on any atom is 0.135 e. The van der Waals surface area contributed by atoms with Gasteiger partial charge in [0.1, 0.15) is 29.3 Å². The molecule has 10 aromatic rings. The maximum atomic E-state index is 6.29. The van der Waals surface area contributed by atoms with Gasteiger partial charge >= 0.3 is 0 Å². The summed E-state index contributed by atoms with van der Waals surface area (Å²) in [6.07, 6.45) is -0.444. The summed E-state index contributed by atoms with van der Waals surface area (Å²) in [6.45, 7) is 0. The molecule has 4 nitrogen and oxygen atoms in total. The number of aliphatic imine (C=N–C) groups is 1. The Kier molecular flexibility index (Phi) is 6.46. The van der Waals surface area contributed by atoms with E-state index in [0.29, 0.717) is 0 Å². The van der Waals surface area contributed by atoms with E-state index in [-0.39, 0.29) is 12.3 Å². The van der Waals surface area contributed by atoms with E-state index in [4.69, 9.17) is 9.41 Å². The summed E-state index contributed by atoms with van der Waals surface area (Å²) < 4.78 is 11.5. The van der Waals surface area contributed by atoms with Gasteiger partial charge in [-0.3, -0.25) is 5.32 Å². The molecule has 1 aliphatic heterocycles. The van der Waals surface area contributed by atoms with Crippen molar-refractivity contribution in [3.05, 3.63) is 168 Å². The predicted molar refractivity (Wildman–Crippen MR) is 216 cm³/mol. The maximum absolute atomic E-state index is 6.29. The van der Waals surface area contributed by atoms with Crippen molar-refractivity contribution in [2.75, 3.05) is 0 Å². The number of nitrogens with one attached hydrogen (secondary N) is 2. The molecule has 2 unspecified atom stereocenters. The van der Waals surface area contributed by atoms with E-state index in [9.17, 15) is 0 Å². The lowest BCUT2D eigenvalue weighted by molar-refractivity contribution is 0.411. The van der Waals surface area contributed by atoms with Crippen LogP contribution in [-0.2, 0) is 0 Å². The molecule has 51 heavy (non-hydrogen) atoms. The van der Waals surface area contributed by atoms with Gasteiger partial charge in [0.2, 0.25) is 0 Å². The minimum absolute atomic E-state index is 0.205. The van der Waals surface area contributed by atoms with E-state index in [2.05, 4.69) is 150 Å². The average Bonchev–Trinajstić information content (AvgIpc) is 3.89. The second-order valence-electron chi connectivity index (χ2n) is 13.1. The third-order valence-electron chi connectivity index (χ3n) is 10.2. The highest BCUT2D eigenvalue weighted by Crippen LogP contribution is 2.45. The molecule has 2 atom stereocenters. The number of para-hydroxylation sites is 1. The van der Waals surface area contributed by atoms with Gasteiger partial charge in [0.15, 0.2) is 0 Å². The summed E-state index contributed by atoms with van der Waals surface area (Å²) in [5.74, 6) is 0.864. The zero-order valence-electron chi connectivity index (χ0n) is 27.3. The third-order valence-corrected chi connectivity index (χ3v) is 12.5. The fourth-order valence-electron chi connectivity index (χ4n) is 7.87. The first-order valence-electron chi connectivity index (χ1n) is 17.2. The largest absolute Gasteiger partial charge is 0.456 e. The van der Waals surface area contributed by atoms with Crippen molar-refractivity contribution in [3.63, 3.8) is 0 Å². The summed E-state index contributed by atoms with van der Waals surface area (Å²) in [4.78, 5) is 5.32. The molecular weight excluding hydrogens is 663 g/mol. The Bertz CT molecular complexity index is 3010. The van der Waals surface area contributed by atoms with Crippen LogP contribution in [0.25, 0.3) is 73.4 Å². The number of amidine groups is 1. The van der Waals surface area contributed by atoms with Gasteiger partial charge < -0.3 is 9.73 Å². The van der Waals surface area contributed by atoms with E-state index >= 15 is 0 Å². The quantitative estimate of drug-likeness (QED) is 0.193. The van der Waals surface area contributed by atoms with Crippen LogP contribution in [0.5, 0.6) is 0 Å². The van der Waals surface area contributed by atoms with Crippen molar-refractivity contribution in [1.82, 2.24) is 10.6 Å². The highest BCUT2D eigenvalue weighted by Gasteiger charge is 2.28. The second-order valence-corrected chi connectivity index (χ2v) is 15.3. The molecule has 0 spiro atoms. The molecule has 0 fully saturated rings. The summed E-state index contributed by atoms with van der Waals surface area (Å²) in [6, 6.07) is 54.2. The van der Waals surface area contributed by atoms with E-state index in [1.807, 2.05) is 34.8 Å². The lowest BCUT2D eigenvalue weighted by Gasteiger charge is -2.32. The van der Waals surface area contributed by atoms with Gasteiger partial charge in [-0.15, -0.1) is 22.7 Å². The van der Waals surface area contributed by atoms with Crippen LogP contribution in [0.2, 0.25) is 0 Å². The van der Waals surface area contributed by atoms with Crippen LogP contribution < -0.4 is 10.6 Å². The minimum Gasteiger partial charge on any atom is -0.456 e. The number of benzene rings is 7. The van der Waals surface area contributed by atoms with Gasteiger partial charge in [-0.1, -0.05) is 109 Å². The van der Waals surface area contributed by atoms with E-state index in [0.717, 1.165) is 44.5 Å². The monoisotopic (exact) mass is 691 g/mol. The number of nitrogens with zero attached hydrogens (tertiary/aromatic N) is 1. The molecule has 0 bridgehead atoms. The van der Waals surface area contributed by atoms with Gasteiger partial charge in [0, 0.05) is 67.8 Å². The smallest absolute Gasteiger partial charge is 0.135 e. The van der Waals surface area contributed by atoms with Crippen LogP contribution in [0.1, 0.15) is 29.0 Å². The first-order valence-corrected chi connectivity index (χ1v) is 18.8. The summed E-state index contributed by atoms with van der Waals surface area (Å²) >= 11 is 3.74. The average molecular weight is 692 g/mol. The van der Waals surface area contributed by atoms with Crippen molar-refractivity contribution >= 4 is 90.8 Å². The van der Waals surface area contributed by atoms with Gasteiger partial charge in [-0.2, -0.15) is 0 Å². The standard InChI is InChI=1S/C45H29N3OS2/c1-2-11-26(12-3-1)43-46-44(48-45(47-43)33-18-9-20-36-40(33)32-14-4-6-19-35(32)49-36)27-23-24-38-34(25-27)41-29(15-10-22-39(41)50-38)31-17-8-16-30-28-13-5-7-21-37(28)51-42(30)31/h1-25,43,45,47H,(H,46,48). The van der Waals surface area contributed by atoms with Crippen molar-refractivity contribution < 1.29 is 4.42 Å². The highest BCUT2D eigenvalue weighted by molar-refractivity contribution is 7.26. The Morgan fingerprint density at radius 3 is 2.20 bits per heavy atom. The number of thiophene rings is 2. The minimum atomic E-state index is -0.239. The van der Waals surface area contributed by atoms with Crippen molar-refractivity contribution in [1.29, 1.82) is 0 Å². The molecule has 1 aliphatic rings. The summed E-state index contributed by atoms with van der Waals surface area (Å²) in [5, 5.41) is 15.1. The van der Waals surface area contributed by atoms with Crippen LogP contribution in [-0.4, -0.2) is 5.84 Å². The number of furan rings is 1. The third kappa shape index (κ3) is 4.58. The van der Waals surface area contributed by atoms with Gasteiger partial charge in [-0.25, -0.2) is 4.99 Å². The van der Waals surface area contributed by atoms with E-state index < -0.39 is 0 Å². The molecular formula is C45H29N3OS2. The van der Waals surface area contributed by atoms with Gasteiger partial charge in [0.25, 0.3) is 0 Å². The fourth-order valence-corrected chi connectivity index (χ4v) is 10.2. The van der Waals surface area contributed by atoms with E-state index in [1.54, 1.807) is 0 Å². The molecule has 7 aromatic carbocycles.